The molecule has 8 nitrogen and oxygen atoms in total. The summed E-state index contributed by atoms with van der Waals surface area (Å²) >= 11 is 0. The predicted molar refractivity (Wildman–Crippen MR) is 176 cm³/mol. The van der Waals surface area contributed by atoms with Gasteiger partial charge in [0, 0.05) is 29.1 Å². The van der Waals surface area contributed by atoms with Gasteiger partial charge in [-0.25, -0.2) is 12.8 Å². The number of fused-ring (bicyclic) bond motifs is 2. The van der Waals surface area contributed by atoms with E-state index >= 15 is 0 Å². The number of benzene rings is 4. The minimum atomic E-state index is -4.22. The van der Waals surface area contributed by atoms with Gasteiger partial charge < -0.3 is 9.47 Å². The summed E-state index contributed by atoms with van der Waals surface area (Å²) in [7, 11) is -2.22. The molecule has 0 saturated heterocycles. The van der Waals surface area contributed by atoms with Crippen LogP contribution in [0.4, 0.5) is 4.39 Å². The number of aromatic nitrogens is 1. The van der Waals surface area contributed by atoms with Gasteiger partial charge >= 0.3 is 0 Å². The molecule has 4 aromatic carbocycles. The van der Waals surface area contributed by atoms with E-state index in [1.54, 1.807) is 17.0 Å². The number of para-hydroxylation sites is 1. The van der Waals surface area contributed by atoms with Crippen molar-refractivity contribution in [2.75, 3.05) is 0 Å². The van der Waals surface area contributed by atoms with Crippen molar-refractivity contribution in [2.45, 2.75) is 44.2 Å². The smallest absolute Gasteiger partial charge is 0.258 e. The second-order valence-corrected chi connectivity index (χ2v) is 13.5. The van der Waals surface area contributed by atoms with Gasteiger partial charge in [-0.3, -0.25) is 15.0 Å². The Hall–Kier alpha value is -4.80. The highest BCUT2D eigenvalue weighted by atomic mass is 32.2. The van der Waals surface area contributed by atoms with Crippen molar-refractivity contribution in [2.24, 2.45) is 13.0 Å². The molecule has 2 heterocycles. The van der Waals surface area contributed by atoms with Gasteiger partial charge in [-0.05, 0) is 60.4 Å². The SMILES string of the molecule is CCC(C)C(C(=O)NNS(=O)(=O)c1ccc(F)cc1)N1C(=O)c2ccccc2C1c1c(-c2ccc(C)cc2)n(C)c2ccccc12. The number of hydrogen-bond acceptors (Lipinski definition) is 4. The third-order valence-corrected chi connectivity index (χ3v) is 10.2. The zero-order valence-electron chi connectivity index (χ0n) is 26.0. The minimum absolute atomic E-state index is 0.213. The highest BCUT2D eigenvalue weighted by Gasteiger charge is 2.47. The summed E-state index contributed by atoms with van der Waals surface area (Å²) in [6.07, 6.45) is 0.538. The maximum Gasteiger partial charge on any atom is 0.258 e. The number of rotatable bonds is 9. The van der Waals surface area contributed by atoms with E-state index in [1.165, 1.54) is 0 Å². The van der Waals surface area contributed by atoms with Crippen molar-refractivity contribution in [1.82, 2.24) is 19.7 Å². The van der Waals surface area contributed by atoms with Crippen LogP contribution >= 0.6 is 0 Å². The van der Waals surface area contributed by atoms with E-state index in [2.05, 4.69) is 27.0 Å². The van der Waals surface area contributed by atoms with Crippen LogP contribution in [0.1, 0.15) is 53.4 Å². The molecule has 5 aromatic rings. The summed E-state index contributed by atoms with van der Waals surface area (Å²) in [5.41, 5.74) is 8.48. The lowest BCUT2D eigenvalue weighted by atomic mass is 9.90. The number of carbonyl (C=O) groups excluding carboxylic acids is 2. The van der Waals surface area contributed by atoms with Gasteiger partial charge in [-0.1, -0.05) is 86.5 Å². The number of amides is 2. The molecule has 2 amide bonds. The maximum absolute atomic E-state index is 14.4. The van der Waals surface area contributed by atoms with Crippen molar-refractivity contribution in [3.8, 4) is 11.3 Å². The van der Waals surface area contributed by atoms with Gasteiger partial charge in [0.15, 0.2) is 0 Å². The number of halogens is 1. The molecular formula is C36H35FN4O4S. The van der Waals surface area contributed by atoms with Gasteiger partial charge in [0.05, 0.1) is 16.6 Å². The number of carbonyl (C=O) groups is 2. The minimum Gasteiger partial charge on any atom is -0.343 e. The van der Waals surface area contributed by atoms with E-state index in [1.807, 2.05) is 76.3 Å². The normalized spacial score (nSPS) is 16.0. The van der Waals surface area contributed by atoms with Gasteiger partial charge in [0.1, 0.15) is 11.9 Å². The van der Waals surface area contributed by atoms with Crippen molar-refractivity contribution in [1.29, 1.82) is 0 Å². The Labute approximate surface area is 267 Å². The van der Waals surface area contributed by atoms with Crippen LogP contribution in [0.15, 0.2) is 102 Å². The monoisotopic (exact) mass is 638 g/mol. The highest BCUT2D eigenvalue weighted by molar-refractivity contribution is 7.89. The molecule has 0 fully saturated rings. The van der Waals surface area contributed by atoms with Crippen LogP contribution in [-0.2, 0) is 21.9 Å². The molecule has 3 unspecified atom stereocenters. The first kappa shape index (κ1) is 31.2. The van der Waals surface area contributed by atoms with Crippen molar-refractivity contribution >= 4 is 32.7 Å². The molecule has 3 atom stereocenters. The van der Waals surface area contributed by atoms with Gasteiger partial charge in [0.2, 0.25) is 0 Å². The molecule has 0 radical (unpaired) electrons. The molecule has 2 N–H and O–H groups in total. The first-order valence-electron chi connectivity index (χ1n) is 15.2. The number of hydrogen-bond donors (Lipinski definition) is 2. The fourth-order valence-electron chi connectivity index (χ4n) is 6.42. The summed E-state index contributed by atoms with van der Waals surface area (Å²) in [4.78, 5) is 32.1. The Balaban J connectivity index is 1.50. The fourth-order valence-corrected chi connectivity index (χ4v) is 7.27. The lowest BCUT2D eigenvalue weighted by Gasteiger charge is -2.36. The van der Waals surface area contributed by atoms with E-state index in [9.17, 15) is 22.4 Å². The topological polar surface area (TPSA) is 101 Å². The molecule has 236 valence electrons. The van der Waals surface area contributed by atoms with Crippen LogP contribution < -0.4 is 10.3 Å². The first-order chi connectivity index (χ1) is 22.0. The average molecular weight is 639 g/mol. The maximum atomic E-state index is 14.4. The molecule has 1 aromatic heterocycles. The number of hydrazine groups is 1. The summed E-state index contributed by atoms with van der Waals surface area (Å²) < 4.78 is 41.6. The predicted octanol–water partition coefficient (Wildman–Crippen LogP) is 6.26. The molecule has 10 heteroatoms. The summed E-state index contributed by atoms with van der Waals surface area (Å²) in [5, 5.41) is 0.945. The Morgan fingerprint density at radius 1 is 0.935 bits per heavy atom. The lowest BCUT2D eigenvalue weighted by molar-refractivity contribution is -0.128. The van der Waals surface area contributed by atoms with Crippen LogP contribution in [-0.4, -0.2) is 35.7 Å². The van der Waals surface area contributed by atoms with Gasteiger partial charge in [-0.15, -0.1) is 4.83 Å². The van der Waals surface area contributed by atoms with Crippen LogP contribution in [0.25, 0.3) is 22.2 Å². The Morgan fingerprint density at radius 2 is 1.59 bits per heavy atom. The second kappa shape index (κ2) is 12.2. The first-order valence-corrected chi connectivity index (χ1v) is 16.6. The van der Waals surface area contributed by atoms with Crippen molar-refractivity contribution in [3.05, 3.63) is 125 Å². The largest absolute Gasteiger partial charge is 0.343 e. The molecular weight excluding hydrogens is 603 g/mol. The van der Waals surface area contributed by atoms with Gasteiger partial charge in [0.25, 0.3) is 21.8 Å². The highest BCUT2D eigenvalue weighted by Crippen LogP contribution is 2.48. The van der Waals surface area contributed by atoms with E-state index in [0.29, 0.717) is 12.0 Å². The number of nitrogens with zero attached hydrogens (tertiary/aromatic N) is 2. The summed E-state index contributed by atoms with van der Waals surface area (Å²) in [6.45, 7) is 5.82. The summed E-state index contributed by atoms with van der Waals surface area (Å²) in [5.74, 6) is -1.93. The van der Waals surface area contributed by atoms with Crippen LogP contribution in [0.3, 0.4) is 0 Å². The molecule has 0 spiro atoms. The van der Waals surface area contributed by atoms with E-state index in [0.717, 1.165) is 63.1 Å². The van der Waals surface area contributed by atoms with Gasteiger partial charge in [-0.2, -0.15) is 0 Å². The Kier molecular flexibility index (Phi) is 8.26. The van der Waals surface area contributed by atoms with E-state index in [4.69, 9.17) is 0 Å². The average Bonchev–Trinajstić information content (AvgIpc) is 3.51. The zero-order valence-corrected chi connectivity index (χ0v) is 26.8. The Morgan fingerprint density at radius 3 is 2.28 bits per heavy atom. The lowest BCUT2D eigenvalue weighted by Crippen LogP contribution is -2.55. The second-order valence-electron chi connectivity index (χ2n) is 11.8. The molecule has 1 aliphatic rings. The summed E-state index contributed by atoms with van der Waals surface area (Å²) in [6, 6.07) is 26.2. The fraction of sp³-hybridized carbons (Fsp3) is 0.222. The third kappa shape index (κ3) is 5.37. The van der Waals surface area contributed by atoms with Crippen LogP contribution in [0.2, 0.25) is 0 Å². The van der Waals surface area contributed by atoms with Crippen molar-refractivity contribution < 1.29 is 22.4 Å². The quantitative estimate of drug-likeness (QED) is 0.186. The number of nitrogens with one attached hydrogen (secondary N) is 2. The molecule has 0 bridgehead atoms. The zero-order chi connectivity index (χ0) is 32.7. The van der Waals surface area contributed by atoms with Crippen LogP contribution in [0, 0.1) is 18.7 Å². The van der Waals surface area contributed by atoms with E-state index < -0.39 is 33.8 Å². The van der Waals surface area contributed by atoms with Crippen molar-refractivity contribution in [3.63, 3.8) is 0 Å². The number of aryl methyl sites for hydroxylation is 2. The van der Waals surface area contributed by atoms with Crippen LogP contribution in [0.5, 0.6) is 0 Å². The standard InChI is InChI=1S/C36H35FN4O4S/c1-5-23(3)32(35(42)38-39-46(44,45)26-20-18-25(37)19-21-26)41-34(27-10-6-7-11-28(27)36(41)43)31-29-12-8-9-13-30(29)40(4)33(31)24-16-14-22(2)15-17-24/h6-21,23,32,34,39H,5H2,1-4H3,(H,38,42). The molecule has 0 aliphatic carbocycles. The molecule has 6 rings (SSSR count). The van der Waals surface area contributed by atoms with E-state index in [-0.39, 0.29) is 16.7 Å². The number of sulfonamides is 1. The third-order valence-electron chi connectivity index (χ3n) is 8.93. The molecule has 0 saturated carbocycles. The molecule has 1 aliphatic heterocycles. The molecule has 46 heavy (non-hydrogen) atoms. The Bertz CT molecular complexity index is 2060.